The van der Waals surface area contributed by atoms with Gasteiger partial charge < -0.3 is 21.9 Å². The van der Waals surface area contributed by atoms with Crippen molar-refractivity contribution in [1.29, 1.82) is 0 Å². The molecule has 0 unspecified atom stereocenters. The zero-order valence-corrected chi connectivity index (χ0v) is 10.3. The third-order valence-electron chi connectivity index (χ3n) is 2.32. The maximum absolute atomic E-state index is 5.93. The van der Waals surface area contributed by atoms with Crippen LogP contribution >= 0.6 is 0 Å². The Morgan fingerprint density at radius 2 is 1.07 bits per heavy atom. The molecular weight excluding hydrogens is 194 g/mol. The van der Waals surface area contributed by atoms with E-state index in [0.29, 0.717) is 0 Å². The van der Waals surface area contributed by atoms with Gasteiger partial charge >= 0.3 is 0 Å². The van der Waals surface area contributed by atoms with Gasteiger partial charge in [0.1, 0.15) is 11.4 Å². The first-order valence-corrected chi connectivity index (χ1v) is 4.85. The van der Waals surface area contributed by atoms with E-state index in [4.69, 9.17) is 33.4 Å². The van der Waals surface area contributed by atoms with Gasteiger partial charge in [-0.3, -0.25) is 11.5 Å². The van der Waals surface area contributed by atoms with Gasteiger partial charge in [-0.2, -0.15) is 0 Å². The molecule has 0 aliphatic rings. The minimum atomic E-state index is -1.70. The van der Waals surface area contributed by atoms with E-state index in [-0.39, 0.29) is 0 Å². The summed E-state index contributed by atoms with van der Waals surface area (Å²) >= 11 is 0. The van der Waals surface area contributed by atoms with Crippen LogP contribution in [0.1, 0.15) is 34.6 Å². The van der Waals surface area contributed by atoms with Crippen molar-refractivity contribution in [3.05, 3.63) is 0 Å². The second kappa shape index (κ2) is 3.65. The van der Waals surface area contributed by atoms with Crippen LogP contribution in [0.15, 0.2) is 0 Å². The Hall–Kier alpha value is -0.240. The highest BCUT2D eigenvalue weighted by atomic mass is 16.6. The summed E-state index contributed by atoms with van der Waals surface area (Å²) in [7, 11) is 0. The van der Waals surface area contributed by atoms with Crippen LogP contribution in [0.2, 0.25) is 0 Å². The fraction of sp³-hybridized carbons (Fsp3) is 1.00. The van der Waals surface area contributed by atoms with Gasteiger partial charge in [-0.25, -0.2) is 0 Å². The summed E-state index contributed by atoms with van der Waals surface area (Å²) in [4.78, 5) is 0. The molecule has 0 aromatic rings. The van der Waals surface area contributed by atoms with Crippen molar-refractivity contribution in [1.82, 2.24) is 0 Å². The summed E-state index contributed by atoms with van der Waals surface area (Å²) in [6.07, 6.45) is 0. The maximum atomic E-state index is 5.93. The summed E-state index contributed by atoms with van der Waals surface area (Å²) in [6, 6.07) is 0. The Kier molecular flexibility index (Phi) is 3.60. The summed E-state index contributed by atoms with van der Waals surface area (Å²) in [5.41, 5.74) is 26.2. The topological polar surface area (TPSA) is 139 Å². The van der Waals surface area contributed by atoms with Gasteiger partial charge in [-0.15, -0.1) is 0 Å². The van der Waals surface area contributed by atoms with Gasteiger partial charge in [0.15, 0.2) is 0 Å². The van der Waals surface area contributed by atoms with Crippen molar-refractivity contribution < 1.29 is 4.74 Å². The van der Waals surface area contributed by atoms with Crippen LogP contribution in [0.3, 0.4) is 0 Å². The molecule has 0 rings (SSSR count). The lowest BCUT2D eigenvalue weighted by molar-refractivity contribution is -0.188. The second-order valence-corrected chi connectivity index (χ2v) is 5.62. The molecule has 0 saturated heterocycles. The lowest BCUT2D eigenvalue weighted by Crippen LogP contribution is -2.83. The number of hydrogen-bond donors (Lipinski definition) is 5. The average Bonchev–Trinajstić information content (AvgIpc) is 1.77. The molecule has 0 aromatic heterocycles. The Morgan fingerprint density at radius 1 is 0.733 bits per heavy atom. The quantitative estimate of drug-likeness (QED) is 0.383. The fourth-order valence-electron chi connectivity index (χ4n) is 1.11. The number of nitrogens with two attached hydrogens (primary N) is 5. The SMILES string of the molecule is CC(C)(N)OC(N)(N)C(N)(N)C(C)(C)C. The Balaban J connectivity index is 5.03. The molecule has 0 radical (unpaired) electrons. The molecular formula is C9H25N5O. The minimum Gasteiger partial charge on any atom is -0.324 e. The van der Waals surface area contributed by atoms with E-state index in [1.54, 1.807) is 13.8 Å². The third-order valence-corrected chi connectivity index (χ3v) is 2.32. The molecule has 10 N–H and O–H groups in total. The van der Waals surface area contributed by atoms with Gasteiger partial charge in [-0.1, -0.05) is 20.8 Å². The third kappa shape index (κ3) is 3.37. The zero-order chi connectivity index (χ0) is 12.7. The van der Waals surface area contributed by atoms with Crippen molar-refractivity contribution in [2.45, 2.75) is 51.9 Å². The van der Waals surface area contributed by atoms with Crippen LogP contribution < -0.4 is 28.7 Å². The number of hydrogen-bond acceptors (Lipinski definition) is 6. The van der Waals surface area contributed by atoms with Crippen molar-refractivity contribution in [2.75, 3.05) is 0 Å². The maximum Gasteiger partial charge on any atom is 0.204 e. The molecule has 0 aliphatic heterocycles. The predicted octanol–water partition coefficient (Wildman–Crippen LogP) is -1.07. The van der Waals surface area contributed by atoms with Crippen LogP contribution in [0.4, 0.5) is 0 Å². The molecule has 0 spiro atoms. The minimum absolute atomic E-state index is 0.526. The van der Waals surface area contributed by atoms with Crippen molar-refractivity contribution in [2.24, 2.45) is 34.1 Å². The fourth-order valence-corrected chi connectivity index (χ4v) is 1.11. The highest BCUT2D eigenvalue weighted by Crippen LogP contribution is 2.30. The lowest BCUT2D eigenvalue weighted by atomic mass is 9.78. The van der Waals surface area contributed by atoms with Gasteiger partial charge in [0.2, 0.25) is 5.85 Å². The highest BCUT2D eigenvalue weighted by molar-refractivity contribution is 5.01. The molecule has 0 amide bonds. The van der Waals surface area contributed by atoms with Crippen LogP contribution in [-0.4, -0.2) is 17.2 Å². The summed E-state index contributed by atoms with van der Waals surface area (Å²) in [5.74, 6) is -1.70. The van der Waals surface area contributed by atoms with Crippen molar-refractivity contribution in [3.8, 4) is 0 Å². The average molecular weight is 219 g/mol. The lowest BCUT2D eigenvalue weighted by Gasteiger charge is -2.49. The zero-order valence-electron chi connectivity index (χ0n) is 10.3. The van der Waals surface area contributed by atoms with Crippen LogP contribution in [-0.2, 0) is 4.74 Å². The molecule has 0 fully saturated rings. The molecule has 0 aromatic carbocycles. The number of ether oxygens (including phenoxy) is 1. The molecule has 6 heteroatoms. The van der Waals surface area contributed by atoms with E-state index >= 15 is 0 Å². The first kappa shape index (κ1) is 14.8. The first-order valence-electron chi connectivity index (χ1n) is 4.85. The van der Waals surface area contributed by atoms with Gasteiger partial charge in [0, 0.05) is 0 Å². The Bertz CT molecular complexity index is 224. The van der Waals surface area contributed by atoms with E-state index in [0.717, 1.165) is 0 Å². The van der Waals surface area contributed by atoms with Crippen molar-refractivity contribution in [3.63, 3.8) is 0 Å². The van der Waals surface area contributed by atoms with Gasteiger partial charge in [0.05, 0.1) is 0 Å². The molecule has 0 heterocycles. The van der Waals surface area contributed by atoms with E-state index in [1.165, 1.54) is 0 Å². The number of rotatable bonds is 3. The standard InChI is InChI=1S/C9H25N5O/c1-6(2,3)8(11,12)9(13,14)15-7(4,5)10/h10-14H2,1-5H3. The normalized spacial score (nSPS) is 15.6. The predicted molar refractivity (Wildman–Crippen MR) is 61.0 cm³/mol. The monoisotopic (exact) mass is 219 g/mol. The summed E-state index contributed by atoms with van der Waals surface area (Å²) in [5, 5.41) is 0. The largest absolute Gasteiger partial charge is 0.324 e. The molecule has 0 aliphatic carbocycles. The first-order chi connectivity index (χ1) is 6.21. The van der Waals surface area contributed by atoms with Gasteiger partial charge in [-0.05, 0) is 19.3 Å². The van der Waals surface area contributed by atoms with Crippen LogP contribution in [0, 0.1) is 5.41 Å². The van der Waals surface area contributed by atoms with E-state index in [9.17, 15) is 0 Å². The van der Waals surface area contributed by atoms with Crippen molar-refractivity contribution >= 4 is 0 Å². The smallest absolute Gasteiger partial charge is 0.204 e. The van der Waals surface area contributed by atoms with E-state index in [1.807, 2.05) is 20.8 Å². The van der Waals surface area contributed by atoms with Crippen LogP contribution in [0.5, 0.6) is 0 Å². The summed E-state index contributed by atoms with van der Waals surface area (Å²) < 4.78 is 5.30. The molecule has 0 bridgehead atoms. The van der Waals surface area contributed by atoms with Gasteiger partial charge in [0.25, 0.3) is 0 Å². The van der Waals surface area contributed by atoms with E-state index in [2.05, 4.69) is 0 Å². The highest BCUT2D eigenvalue weighted by Gasteiger charge is 2.51. The van der Waals surface area contributed by atoms with E-state index < -0.39 is 22.7 Å². The summed E-state index contributed by atoms with van der Waals surface area (Å²) in [6.45, 7) is 8.73. The molecule has 0 atom stereocenters. The molecule has 6 nitrogen and oxygen atoms in total. The molecule has 92 valence electrons. The van der Waals surface area contributed by atoms with Crippen LogP contribution in [0.25, 0.3) is 0 Å². The molecule has 0 saturated carbocycles. The Labute approximate surface area is 91.5 Å². The Morgan fingerprint density at radius 3 is 1.27 bits per heavy atom. The second-order valence-electron chi connectivity index (χ2n) is 5.62. The molecule has 15 heavy (non-hydrogen) atoms.